The standard InChI is InChI=1S/C16H10ClN3O3S/c17-13-9-19-16(24-13)20-14(21)11-5-1-2-6-12(11)23-15(22)10-4-3-7-18-8-10/h1-9H,(H,19,20,21). The number of halogens is 1. The summed E-state index contributed by atoms with van der Waals surface area (Å²) in [6.07, 6.45) is 4.39. The van der Waals surface area contributed by atoms with Gasteiger partial charge in [-0.25, -0.2) is 9.78 Å². The quantitative estimate of drug-likeness (QED) is 0.568. The molecular weight excluding hydrogens is 350 g/mol. The monoisotopic (exact) mass is 359 g/mol. The maximum Gasteiger partial charge on any atom is 0.345 e. The van der Waals surface area contributed by atoms with Gasteiger partial charge in [-0.3, -0.25) is 15.1 Å². The predicted octanol–water partition coefficient (Wildman–Crippen LogP) is 3.66. The van der Waals surface area contributed by atoms with Crippen molar-refractivity contribution in [1.82, 2.24) is 9.97 Å². The highest BCUT2D eigenvalue weighted by molar-refractivity contribution is 7.19. The number of amides is 1. The average Bonchev–Trinajstić information content (AvgIpc) is 3.01. The lowest BCUT2D eigenvalue weighted by atomic mass is 10.2. The fourth-order valence-corrected chi connectivity index (χ4v) is 2.67. The van der Waals surface area contributed by atoms with Gasteiger partial charge in [0, 0.05) is 12.4 Å². The molecular formula is C16H10ClN3O3S. The first-order valence-electron chi connectivity index (χ1n) is 6.77. The molecule has 0 atom stereocenters. The van der Waals surface area contributed by atoms with E-state index in [0.717, 1.165) is 11.3 Å². The van der Waals surface area contributed by atoms with Crippen molar-refractivity contribution in [1.29, 1.82) is 0 Å². The minimum absolute atomic E-state index is 0.145. The van der Waals surface area contributed by atoms with Gasteiger partial charge < -0.3 is 4.74 Å². The van der Waals surface area contributed by atoms with Crippen molar-refractivity contribution in [3.63, 3.8) is 0 Å². The zero-order valence-electron chi connectivity index (χ0n) is 12.1. The van der Waals surface area contributed by atoms with E-state index in [9.17, 15) is 9.59 Å². The molecule has 1 N–H and O–H groups in total. The van der Waals surface area contributed by atoms with Gasteiger partial charge in [0.1, 0.15) is 10.1 Å². The number of carbonyl (C=O) groups excluding carboxylic acids is 2. The van der Waals surface area contributed by atoms with Crippen molar-refractivity contribution in [2.24, 2.45) is 0 Å². The summed E-state index contributed by atoms with van der Waals surface area (Å²) in [6.45, 7) is 0. The van der Waals surface area contributed by atoms with Gasteiger partial charge in [0.15, 0.2) is 5.13 Å². The summed E-state index contributed by atoms with van der Waals surface area (Å²) >= 11 is 6.92. The van der Waals surface area contributed by atoms with E-state index in [0.29, 0.717) is 15.0 Å². The minimum atomic E-state index is -0.597. The molecule has 1 amide bonds. The van der Waals surface area contributed by atoms with Crippen molar-refractivity contribution >= 4 is 39.9 Å². The molecule has 0 unspecified atom stereocenters. The number of hydrogen-bond donors (Lipinski definition) is 1. The van der Waals surface area contributed by atoms with Crippen molar-refractivity contribution in [3.8, 4) is 5.75 Å². The Labute approximate surface area is 146 Å². The van der Waals surface area contributed by atoms with Gasteiger partial charge in [-0.05, 0) is 24.3 Å². The molecule has 0 radical (unpaired) electrons. The zero-order chi connectivity index (χ0) is 16.9. The molecule has 3 rings (SSSR count). The van der Waals surface area contributed by atoms with Crippen LogP contribution in [0.3, 0.4) is 0 Å². The number of esters is 1. The van der Waals surface area contributed by atoms with Crippen LogP contribution in [0.1, 0.15) is 20.7 Å². The van der Waals surface area contributed by atoms with E-state index in [2.05, 4.69) is 15.3 Å². The van der Waals surface area contributed by atoms with Gasteiger partial charge in [0.05, 0.1) is 17.3 Å². The van der Waals surface area contributed by atoms with Crippen LogP contribution in [-0.4, -0.2) is 21.8 Å². The smallest absolute Gasteiger partial charge is 0.345 e. The molecule has 0 fully saturated rings. The summed E-state index contributed by atoms with van der Waals surface area (Å²) in [5, 5.41) is 2.97. The number of benzene rings is 1. The summed E-state index contributed by atoms with van der Waals surface area (Å²) in [5.41, 5.74) is 0.500. The summed E-state index contributed by atoms with van der Waals surface area (Å²) in [5.74, 6) is -0.900. The third-order valence-electron chi connectivity index (χ3n) is 2.93. The van der Waals surface area contributed by atoms with Crippen LogP contribution in [0, 0.1) is 0 Å². The fraction of sp³-hybridized carbons (Fsp3) is 0. The van der Waals surface area contributed by atoms with Crippen molar-refractivity contribution < 1.29 is 14.3 Å². The van der Waals surface area contributed by atoms with Crippen molar-refractivity contribution in [3.05, 3.63) is 70.5 Å². The number of hydrogen-bond acceptors (Lipinski definition) is 6. The number of anilines is 1. The largest absolute Gasteiger partial charge is 0.422 e. The SMILES string of the molecule is O=C(Oc1ccccc1C(=O)Nc1ncc(Cl)s1)c1cccnc1. The Morgan fingerprint density at radius 3 is 2.67 bits per heavy atom. The second-order valence-corrected chi connectivity index (χ2v) is 6.21. The Bertz CT molecular complexity index is 883. The van der Waals surface area contributed by atoms with Crippen LogP contribution in [0.25, 0.3) is 0 Å². The molecule has 0 aliphatic rings. The van der Waals surface area contributed by atoms with E-state index in [1.165, 1.54) is 18.5 Å². The Kier molecular flexibility index (Phi) is 4.83. The predicted molar refractivity (Wildman–Crippen MR) is 90.7 cm³/mol. The molecule has 0 saturated carbocycles. The summed E-state index contributed by atoms with van der Waals surface area (Å²) in [7, 11) is 0. The average molecular weight is 360 g/mol. The lowest BCUT2D eigenvalue weighted by Crippen LogP contribution is -2.16. The first-order chi connectivity index (χ1) is 11.6. The van der Waals surface area contributed by atoms with E-state index in [1.807, 2.05) is 0 Å². The second kappa shape index (κ2) is 7.20. The first kappa shape index (κ1) is 16.1. The fourth-order valence-electron chi connectivity index (χ4n) is 1.86. The number of carbonyl (C=O) groups is 2. The van der Waals surface area contributed by atoms with Gasteiger partial charge in [-0.15, -0.1) is 0 Å². The van der Waals surface area contributed by atoms with E-state index in [-0.39, 0.29) is 11.3 Å². The molecule has 0 bridgehead atoms. The molecule has 0 saturated heterocycles. The Balaban J connectivity index is 1.80. The van der Waals surface area contributed by atoms with Gasteiger partial charge >= 0.3 is 5.97 Å². The minimum Gasteiger partial charge on any atom is -0.422 e. The Hall–Kier alpha value is -2.77. The summed E-state index contributed by atoms with van der Waals surface area (Å²) in [6, 6.07) is 9.64. The van der Waals surface area contributed by atoms with Crippen LogP contribution in [0.2, 0.25) is 4.34 Å². The first-order valence-corrected chi connectivity index (χ1v) is 7.97. The molecule has 3 aromatic rings. The highest BCUT2D eigenvalue weighted by atomic mass is 35.5. The number of nitrogens with zero attached hydrogens (tertiary/aromatic N) is 2. The molecule has 8 heteroatoms. The third-order valence-corrected chi connectivity index (χ3v) is 3.96. The highest BCUT2D eigenvalue weighted by Gasteiger charge is 2.17. The number of aromatic nitrogens is 2. The van der Waals surface area contributed by atoms with Crippen molar-refractivity contribution in [2.45, 2.75) is 0 Å². The molecule has 6 nitrogen and oxygen atoms in total. The number of para-hydroxylation sites is 1. The molecule has 0 spiro atoms. The molecule has 0 aliphatic carbocycles. The molecule has 120 valence electrons. The van der Waals surface area contributed by atoms with Crippen LogP contribution >= 0.6 is 22.9 Å². The van der Waals surface area contributed by atoms with Crippen LogP contribution in [0.15, 0.2) is 55.0 Å². The topological polar surface area (TPSA) is 81.2 Å². The van der Waals surface area contributed by atoms with Crippen LogP contribution in [0.5, 0.6) is 5.75 Å². The molecule has 2 aromatic heterocycles. The van der Waals surface area contributed by atoms with E-state index in [1.54, 1.807) is 36.5 Å². The molecule has 24 heavy (non-hydrogen) atoms. The summed E-state index contributed by atoms with van der Waals surface area (Å²) in [4.78, 5) is 32.3. The van der Waals surface area contributed by atoms with Gasteiger partial charge in [0.25, 0.3) is 5.91 Å². The lowest BCUT2D eigenvalue weighted by Gasteiger charge is -2.09. The number of pyridine rings is 1. The normalized spacial score (nSPS) is 10.2. The maximum absolute atomic E-state index is 12.4. The van der Waals surface area contributed by atoms with Crippen LogP contribution in [0.4, 0.5) is 5.13 Å². The summed E-state index contributed by atoms with van der Waals surface area (Å²) < 4.78 is 5.77. The second-order valence-electron chi connectivity index (χ2n) is 4.55. The van der Waals surface area contributed by atoms with Gasteiger partial charge in [-0.2, -0.15) is 0 Å². The molecule has 2 heterocycles. The number of ether oxygens (including phenoxy) is 1. The lowest BCUT2D eigenvalue weighted by molar-refractivity contribution is 0.0732. The van der Waals surface area contributed by atoms with E-state index < -0.39 is 11.9 Å². The van der Waals surface area contributed by atoms with E-state index >= 15 is 0 Å². The van der Waals surface area contributed by atoms with Gasteiger partial charge in [0.2, 0.25) is 0 Å². The van der Waals surface area contributed by atoms with Crippen molar-refractivity contribution in [2.75, 3.05) is 5.32 Å². The van der Waals surface area contributed by atoms with Crippen LogP contribution < -0.4 is 10.1 Å². The maximum atomic E-state index is 12.4. The Morgan fingerprint density at radius 2 is 1.96 bits per heavy atom. The number of thiazole rings is 1. The highest BCUT2D eigenvalue weighted by Crippen LogP contribution is 2.25. The van der Waals surface area contributed by atoms with Gasteiger partial charge in [-0.1, -0.05) is 35.1 Å². The van der Waals surface area contributed by atoms with E-state index in [4.69, 9.17) is 16.3 Å². The molecule has 0 aliphatic heterocycles. The number of nitrogens with one attached hydrogen (secondary N) is 1. The molecule has 1 aromatic carbocycles. The zero-order valence-corrected chi connectivity index (χ0v) is 13.7. The number of rotatable bonds is 4. The van der Waals surface area contributed by atoms with Crippen LogP contribution in [-0.2, 0) is 0 Å². The third kappa shape index (κ3) is 3.76. The Morgan fingerprint density at radius 1 is 1.12 bits per heavy atom.